The Balaban J connectivity index is 1.47. The van der Waals surface area contributed by atoms with E-state index in [1.54, 1.807) is 6.07 Å². The van der Waals surface area contributed by atoms with Crippen LogP contribution in [0.25, 0.3) is 0 Å². The molecule has 0 radical (unpaired) electrons. The van der Waals surface area contributed by atoms with E-state index in [0.717, 1.165) is 30.1 Å². The summed E-state index contributed by atoms with van der Waals surface area (Å²) in [4.78, 5) is 19.1. The highest BCUT2D eigenvalue weighted by atomic mass is 19.1. The van der Waals surface area contributed by atoms with Crippen molar-refractivity contribution in [2.45, 2.75) is 45.3 Å². The van der Waals surface area contributed by atoms with E-state index in [9.17, 15) is 9.18 Å². The summed E-state index contributed by atoms with van der Waals surface area (Å²) >= 11 is 0. The molecule has 3 heterocycles. The van der Waals surface area contributed by atoms with Gasteiger partial charge < -0.3 is 9.64 Å². The molecule has 25 heavy (non-hydrogen) atoms. The highest BCUT2D eigenvalue weighted by molar-refractivity contribution is 5.82. The van der Waals surface area contributed by atoms with Crippen molar-refractivity contribution < 1.29 is 13.9 Å². The number of halogens is 1. The number of amides is 1. The zero-order valence-electron chi connectivity index (χ0n) is 14.4. The normalized spacial score (nSPS) is 22.6. The topological polar surface area (TPSA) is 60.2 Å². The van der Waals surface area contributed by atoms with Crippen molar-refractivity contribution in [3.8, 4) is 5.75 Å². The molecule has 1 aromatic heterocycles. The van der Waals surface area contributed by atoms with Crippen LogP contribution in [0.3, 0.4) is 0 Å². The van der Waals surface area contributed by atoms with Crippen LogP contribution in [-0.2, 0) is 11.2 Å². The van der Waals surface area contributed by atoms with Crippen LogP contribution in [0.5, 0.6) is 5.75 Å². The third kappa shape index (κ3) is 2.99. The number of rotatable bonds is 2. The van der Waals surface area contributed by atoms with Gasteiger partial charge in [-0.15, -0.1) is 0 Å². The molecule has 7 heteroatoms. The first-order valence-corrected chi connectivity index (χ1v) is 8.65. The van der Waals surface area contributed by atoms with Crippen LogP contribution >= 0.6 is 0 Å². The lowest BCUT2D eigenvalue weighted by atomic mass is 10.0. The lowest BCUT2D eigenvalue weighted by molar-refractivity contribution is -0.139. The van der Waals surface area contributed by atoms with Crippen molar-refractivity contribution >= 4 is 5.91 Å². The molecule has 2 aromatic rings. The Labute approximate surface area is 145 Å². The van der Waals surface area contributed by atoms with Gasteiger partial charge in [0.05, 0.1) is 6.04 Å². The number of aryl methyl sites for hydroxylation is 2. The quantitative estimate of drug-likeness (QED) is 0.838. The van der Waals surface area contributed by atoms with E-state index in [0.29, 0.717) is 25.3 Å². The SMILES string of the molecule is Cc1nc(C)n([C@@H]2CCCN(C(=O)[C@H]3Cc4cc(F)ccc4O3)C2)n1. The highest BCUT2D eigenvalue weighted by Gasteiger charge is 2.35. The first-order chi connectivity index (χ1) is 12.0. The molecule has 0 spiro atoms. The second-order valence-electron chi connectivity index (χ2n) is 6.79. The number of fused-ring (bicyclic) bond motifs is 1. The van der Waals surface area contributed by atoms with Gasteiger partial charge >= 0.3 is 0 Å². The first-order valence-electron chi connectivity index (χ1n) is 8.65. The van der Waals surface area contributed by atoms with E-state index in [1.165, 1.54) is 12.1 Å². The molecular weight excluding hydrogens is 323 g/mol. The number of benzene rings is 1. The Kier molecular flexibility index (Phi) is 3.94. The van der Waals surface area contributed by atoms with Crippen molar-refractivity contribution in [3.63, 3.8) is 0 Å². The summed E-state index contributed by atoms with van der Waals surface area (Å²) in [5, 5.41) is 4.46. The third-order valence-corrected chi connectivity index (χ3v) is 4.93. The van der Waals surface area contributed by atoms with Gasteiger partial charge in [-0.05, 0) is 44.9 Å². The van der Waals surface area contributed by atoms with E-state index in [-0.39, 0.29) is 17.8 Å². The number of aromatic nitrogens is 3. The minimum Gasteiger partial charge on any atom is -0.480 e. The lowest BCUT2D eigenvalue weighted by Crippen LogP contribution is -2.47. The molecule has 2 aliphatic rings. The monoisotopic (exact) mass is 344 g/mol. The summed E-state index contributed by atoms with van der Waals surface area (Å²) < 4.78 is 21.0. The molecule has 2 aliphatic heterocycles. The maximum Gasteiger partial charge on any atom is 0.264 e. The molecule has 0 N–H and O–H groups in total. The maximum absolute atomic E-state index is 13.4. The van der Waals surface area contributed by atoms with Gasteiger partial charge in [-0.3, -0.25) is 4.79 Å². The summed E-state index contributed by atoms with van der Waals surface area (Å²) in [7, 11) is 0. The van der Waals surface area contributed by atoms with Crippen molar-refractivity contribution in [2.24, 2.45) is 0 Å². The average molecular weight is 344 g/mol. The largest absolute Gasteiger partial charge is 0.480 e. The third-order valence-electron chi connectivity index (χ3n) is 4.93. The number of likely N-dealkylation sites (tertiary alicyclic amines) is 1. The fraction of sp³-hybridized carbons (Fsp3) is 0.500. The fourth-order valence-electron chi connectivity index (χ4n) is 3.79. The van der Waals surface area contributed by atoms with Crippen molar-refractivity contribution in [2.75, 3.05) is 13.1 Å². The fourth-order valence-corrected chi connectivity index (χ4v) is 3.79. The zero-order valence-corrected chi connectivity index (χ0v) is 14.4. The number of ether oxygens (including phenoxy) is 1. The smallest absolute Gasteiger partial charge is 0.264 e. The van der Waals surface area contributed by atoms with Gasteiger partial charge in [-0.1, -0.05) is 0 Å². The Hall–Kier alpha value is -2.44. The molecular formula is C18H21FN4O2. The van der Waals surface area contributed by atoms with Crippen LogP contribution in [0.2, 0.25) is 0 Å². The Bertz CT molecular complexity index is 819. The van der Waals surface area contributed by atoms with Crippen molar-refractivity contribution in [1.82, 2.24) is 19.7 Å². The van der Waals surface area contributed by atoms with Gasteiger partial charge in [-0.2, -0.15) is 5.10 Å². The van der Waals surface area contributed by atoms with Crippen LogP contribution in [0.15, 0.2) is 18.2 Å². The summed E-state index contributed by atoms with van der Waals surface area (Å²) in [6, 6.07) is 4.54. The zero-order chi connectivity index (χ0) is 17.6. The van der Waals surface area contributed by atoms with Crippen LogP contribution in [-0.4, -0.2) is 44.8 Å². The number of piperidine rings is 1. The van der Waals surface area contributed by atoms with Crippen LogP contribution in [0, 0.1) is 19.7 Å². The Morgan fingerprint density at radius 2 is 2.20 bits per heavy atom. The van der Waals surface area contributed by atoms with Gasteiger partial charge in [-0.25, -0.2) is 14.1 Å². The number of hydrogen-bond acceptors (Lipinski definition) is 4. The molecule has 1 amide bonds. The summed E-state index contributed by atoms with van der Waals surface area (Å²) in [5.41, 5.74) is 0.759. The first kappa shape index (κ1) is 16.1. The second-order valence-corrected chi connectivity index (χ2v) is 6.79. The summed E-state index contributed by atoms with van der Waals surface area (Å²) in [5.74, 6) is 1.90. The van der Waals surface area contributed by atoms with Gasteiger partial charge in [0.25, 0.3) is 5.91 Å². The summed E-state index contributed by atoms with van der Waals surface area (Å²) in [6.07, 6.45) is 1.76. The second kappa shape index (κ2) is 6.13. The molecule has 0 saturated carbocycles. The predicted molar refractivity (Wildman–Crippen MR) is 88.9 cm³/mol. The van der Waals surface area contributed by atoms with Crippen molar-refractivity contribution in [3.05, 3.63) is 41.2 Å². The van der Waals surface area contributed by atoms with E-state index in [2.05, 4.69) is 10.1 Å². The predicted octanol–water partition coefficient (Wildman–Crippen LogP) is 2.20. The molecule has 4 rings (SSSR count). The van der Waals surface area contributed by atoms with Gasteiger partial charge in [0.15, 0.2) is 6.10 Å². The van der Waals surface area contributed by atoms with Crippen LogP contribution in [0.4, 0.5) is 4.39 Å². The number of nitrogens with zero attached hydrogens (tertiary/aromatic N) is 4. The van der Waals surface area contributed by atoms with Gasteiger partial charge in [0.1, 0.15) is 23.2 Å². The minimum atomic E-state index is -0.561. The van der Waals surface area contributed by atoms with E-state index >= 15 is 0 Å². The molecule has 6 nitrogen and oxygen atoms in total. The number of hydrogen-bond donors (Lipinski definition) is 0. The number of carbonyl (C=O) groups excluding carboxylic acids is 1. The Morgan fingerprint density at radius 3 is 2.96 bits per heavy atom. The molecule has 0 bridgehead atoms. The Morgan fingerprint density at radius 1 is 1.36 bits per heavy atom. The van der Waals surface area contributed by atoms with Crippen LogP contribution in [0.1, 0.15) is 36.1 Å². The van der Waals surface area contributed by atoms with E-state index in [4.69, 9.17) is 4.74 Å². The number of carbonyl (C=O) groups is 1. The average Bonchev–Trinajstić information content (AvgIpc) is 3.16. The highest BCUT2D eigenvalue weighted by Crippen LogP contribution is 2.31. The van der Waals surface area contributed by atoms with Crippen molar-refractivity contribution in [1.29, 1.82) is 0 Å². The molecule has 1 fully saturated rings. The maximum atomic E-state index is 13.4. The lowest BCUT2D eigenvalue weighted by Gasteiger charge is -2.34. The molecule has 1 saturated heterocycles. The molecule has 132 valence electrons. The minimum absolute atomic E-state index is 0.0317. The standard InChI is InChI=1S/C18H21FN4O2/c1-11-20-12(2)23(21-11)15-4-3-7-22(10-15)18(24)17-9-13-8-14(19)5-6-16(13)25-17/h5-6,8,15,17H,3-4,7,9-10H2,1-2H3/t15-,17-/m1/s1. The van der Waals surface area contributed by atoms with E-state index < -0.39 is 6.10 Å². The molecule has 1 aromatic carbocycles. The van der Waals surface area contributed by atoms with Gasteiger partial charge in [0.2, 0.25) is 0 Å². The molecule has 2 atom stereocenters. The van der Waals surface area contributed by atoms with Gasteiger partial charge in [0, 0.05) is 25.1 Å². The molecule has 0 unspecified atom stereocenters. The van der Waals surface area contributed by atoms with E-state index in [1.807, 2.05) is 23.4 Å². The van der Waals surface area contributed by atoms with Crippen LogP contribution < -0.4 is 4.74 Å². The molecule has 0 aliphatic carbocycles. The summed E-state index contributed by atoms with van der Waals surface area (Å²) in [6.45, 7) is 5.13.